The summed E-state index contributed by atoms with van der Waals surface area (Å²) in [7, 11) is 1.85. The van der Waals surface area contributed by atoms with Gasteiger partial charge in [0.05, 0.1) is 17.6 Å². The summed E-state index contributed by atoms with van der Waals surface area (Å²) in [5.41, 5.74) is 1.59. The number of hydrogen-bond acceptors (Lipinski definition) is 5. The topological polar surface area (TPSA) is 80.0 Å². The summed E-state index contributed by atoms with van der Waals surface area (Å²) in [5.74, 6) is -1.23. The lowest BCUT2D eigenvalue weighted by Crippen LogP contribution is -2.17. The molecule has 0 bridgehead atoms. The number of aromatic nitrogens is 3. The Kier molecular flexibility index (Phi) is 2.98. The Balaban J connectivity index is 1.87. The van der Waals surface area contributed by atoms with Crippen LogP contribution in [0.3, 0.4) is 0 Å². The second-order valence-electron chi connectivity index (χ2n) is 4.64. The molecule has 2 heterocycles. The van der Waals surface area contributed by atoms with E-state index in [1.807, 2.05) is 13.2 Å². The van der Waals surface area contributed by atoms with Gasteiger partial charge in [-0.05, 0) is 19.3 Å². The molecule has 0 amide bonds. The smallest absolute Gasteiger partial charge is 0.312 e. The molecular weight excluding hydrogens is 264 g/mol. The zero-order valence-corrected chi connectivity index (χ0v) is 11.3. The summed E-state index contributed by atoms with van der Waals surface area (Å²) >= 11 is 1.54. The van der Waals surface area contributed by atoms with Crippen LogP contribution in [0.1, 0.15) is 29.3 Å². The second kappa shape index (κ2) is 4.65. The maximum Gasteiger partial charge on any atom is 0.312 e. The average molecular weight is 278 g/mol. The van der Waals surface area contributed by atoms with Gasteiger partial charge in [0.1, 0.15) is 5.92 Å². The van der Waals surface area contributed by atoms with E-state index in [1.54, 1.807) is 10.9 Å². The van der Waals surface area contributed by atoms with Gasteiger partial charge < -0.3 is 10.4 Å². The fourth-order valence-electron chi connectivity index (χ4n) is 2.32. The molecule has 0 aromatic carbocycles. The van der Waals surface area contributed by atoms with E-state index >= 15 is 0 Å². The van der Waals surface area contributed by atoms with Gasteiger partial charge in [-0.3, -0.25) is 9.48 Å². The summed E-state index contributed by atoms with van der Waals surface area (Å²) in [4.78, 5) is 16.8. The number of carboxylic acid groups (broad SMARTS) is 1. The van der Waals surface area contributed by atoms with Crippen LogP contribution in [0.4, 0.5) is 10.8 Å². The van der Waals surface area contributed by atoms with Crippen molar-refractivity contribution in [3.63, 3.8) is 0 Å². The fourth-order valence-corrected chi connectivity index (χ4v) is 3.41. The van der Waals surface area contributed by atoms with Crippen LogP contribution in [-0.2, 0) is 18.3 Å². The number of anilines is 2. The van der Waals surface area contributed by atoms with Crippen molar-refractivity contribution in [1.82, 2.24) is 14.8 Å². The molecule has 7 heteroatoms. The highest BCUT2D eigenvalue weighted by Crippen LogP contribution is 2.37. The van der Waals surface area contributed by atoms with Gasteiger partial charge in [0.2, 0.25) is 0 Å². The molecule has 0 fully saturated rings. The molecule has 1 atom stereocenters. The van der Waals surface area contributed by atoms with E-state index < -0.39 is 11.9 Å². The number of carboxylic acids is 1. The Labute approximate surface area is 114 Å². The number of nitrogens with one attached hydrogen (secondary N) is 1. The van der Waals surface area contributed by atoms with Crippen molar-refractivity contribution in [3.8, 4) is 0 Å². The van der Waals surface area contributed by atoms with Gasteiger partial charge in [-0.1, -0.05) is 0 Å². The van der Waals surface area contributed by atoms with Crippen LogP contribution in [0, 0.1) is 0 Å². The Morgan fingerprint density at radius 1 is 1.63 bits per heavy atom. The van der Waals surface area contributed by atoms with E-state index in [1.165, 1.54) is 11.3 Å². The van der Waals surface area contributed by atoms with E-state index in [0.717, 1.165) is 34.2 Å². The summed E-state index contributed by atoms with van der Waals surface area (Å²) < 4.78 is 1.70. The molecule has 0 spiro atoms. The van der Waals surface area contributed by atoms with Gasteiger partial charge in [0, 0.05) is 18.1 Å². The normalized spacial score (nSPS) is 18.1. The van der Waals surface area contributed by atoms with Gasteiger partial charge in [0.25, 0.3) is 0 Å². The van der Waals surface area contributed by atoms with Gasteiger partial charge in [-0.25, -0.2) is 4.98 Å². The molecule has 0 saturated heterocycles. The molecule has 2 aromatic rings. The molecule has 19 heavy (non-hydrogen) atoms. The number of thiazole rings is 1. The number of aliphatic carboxylic acids is 1. The van der Waals surface area contributed by atoms with Gasteiger partial charge in [-0.15, -0.1) is 11.3 Å². The predicted octanol–water partition coefficient (Wildman–Crippen LogP) is 2.12. The van der Waals surface area contributed by atoms with Crippen molar-refractivity contribution >= 4 is 28.1 Å². The van der Waals surface area contributed by atoms with Crippen molar-refractivity contribution in [1.29, 1.82) is 0 Å². The highest BCUT2D eigenvalue weighted by molar-refractivity contribution is 7.15. The number of nitrogens with zero attached hydrogens (tertiary/aromatic N) is 3. The molecule has 0 saturated carbocycles. The molecule has 0 radical (unpaired) electrons. The minimum atomic E-state index is -0.779. The first-order valence-corrected chi connectivity index (χ1v) is 6.93. The summed E-state index contributed by atoms with van der Waals surface area (Å²) in [6.45, 7) is 0. The van der Waals surface area contributed by atoms with Crippen molar-refractivity contribution in [2.45, 2.75) is 25.2 Å². The first-order valence-electron chi connectivity index (χ1n) is 6.11. The lowest BCUT2D eigenvalue weighted by atomic mass is 9.91. The third-order valence-corrected chi connectivity index (χ3v) is 4.25. The van der Waals surface area contributed by atoms with E-state index in [-0.39, 0.29) is 0 Å². The summed E-state index contributed by atoms with van der Waals surface area (Å²) in [6, 6.07) is 0. The molecule has 2 N–H and O–H groups in total. The van der Waals surface area contributed by atoms with Gasteiger partial charge in [0.15, 0.2) is 5.13 Å². The molecule has 1 aliphatic rings. The standard InChI is InChI=1S/C12H14N4O2S/c1-16-6-7(5-13-16)14-12-15-10-8(11(17)18)3-2-4-9(10)19-12/h5-6,8H,2-4H2,1H3,(H,14,15)(H,17,18). The minimum absolute atomic E-state index is 0.454. The van der Waals surface area contributed by atoms with Gasteiger partial charge in [-0.2, -0.15) is 5.10 Å². The first-order chi connectivity index (χ1) is 9.13. The van der Waals surface area contributed by atoms with Crippen molar-refractivity contribution < 1.29 is 9.90 Å². The number of hydrogen-bond donors (Lipinski definition) is 2. The Morgan fingerprint density at radius 3 is 3.16 bits per heavy atom. The SMILES string of the molecule is Cn1cc(Nc2nc3c(s2)CCCC3C(=O)O)cn1. The number of aryl methyl sites for hydroxylation is 2. The third kappa shape index (κ3) is 2.33. The molecule has 100 valence electrons. The maximum atomic E-state index is 11.2. The molecule has 0 aliphatic heterocycles. The number of carbonyl (C=O) groups is 1. The Morgan fingerprint density at radius 2 is 2.47 bits per heavy atom. The van der Waals surface area contributed by atoms with E-state index in [9.17, 15) is 9.90 Å². The molecule has 1 unspecified atom stereocenters. The van der Waals surface area contributed by atoms with Gasteiger partial charge >= 0.3 is 5.97 Å². The van der Waals surface area contributed by atoms with E-state index in [2.05, 4.69) is 15.4 Å². The highest BCUT2D eigenvalue weighted by atomic mass is 32.1. The van der Waals surface area contributed by atoms with Crippen molar-refractivity contribution in [2.75, 3.05) is 5.32 Å². The fraction of sp³-hybridized carbons (Fsp3) is 0.417. The molecule has 3 rings (SSSR count). The van der Waals surface area contributed by atoms with Crippen LogP contribution in [-0.4, -0.2) is 25.8 Å². The second-order valence-corrected chi connectivity index (χ2v) is 5.72. The molecule has 6 nitrogen and oxygen atoms in total. The van der Waals surface area contributed by atoms with Crippen LogP contribution in [0.5, 0.6) is 0 Å². The van der Waals surface area contributed by atoms with E-state index in [4.69, 9.17) is 0 Å². The lowest BCUT2D eigenvalue weighted by molar-refractivity contribution is -0.139. The molecule has 1 aliphatic carbocycles. The monoisotopic (exact) mass is 278 g/mol. The van der Waals surface area contributed by atoms with Crippen LogP contribution in [0.25, 0.3) is 0 Å². The Bertz CT molecular complexity index is 619. The predicted molar refractivity (Wildman–Crippen MR) is 71.9 cm³/mol. The zero-order valence-electron chi connectivity index (χ0n) is 10.5. The van der Waals surface area contributed by atoms with Crippen LogP contribution in [0.15, 0.2) is 12.4 Å². The number of fused-ring (bicyclic) bond motifs is 1. The minimum Gasteiger partial charge on any atom is -0.481 e. The lowest BCUT2D eigenvalue weighted by Gasteiger charge is -2.16. The first kappa shape index (κ1) is 12.2. The van der Waals surface area contributed by atoms with E-state index in [0.29, 0.717) is 6.42 Å². The third-order valence-electron chi connectivity index (χ3n) is 3.21. The maximum absolute atomic E-state index is 11.2. The Hall–Kier alpha value is -1.89. The van der Waals surface area contributed by atoms with Crippen LogP contribution in [0.2, 0.25) is 0 Å². The quantitative estimate of drug-likeness (QED) is 0.899. The number of rotatable bonds is 3. The zero-order chi connectivity index (χ0) is 13.4. The van der Waals surface area contributed by atoms with Crippen LogP contribution < -0.4 is 5.32 Å². The molecular formula is C12H14N4O2S. The van der Waals surface area contributed by atoms with Crippen LogP contribution >= 0.6 is 11.3 Å². The summed E-state index contributed by atoms with van der Waals surface area (Å²) in [6.07, 6.45) is 6.09. The summed E-state index contributed by atoms with van der Waals surface area (Å²) in [5, 5.41) is 17.2. The average Bonchev–Trinajstić information content (AvgIpc) is 2.94. The van der Waals surface area contributed by atoms with Crippen molar-refractivity contribution in [3.05, 3.63) is 23.0 Å². The molecule has 2 aromatic heterocycles. The highest BCUT2D eigenvalue weighted by Gasteiger charge is 2.29. The van der Waals surface area contributed by atoms with Crippen molar-refractivity contribution in [2.24, 2.45) is 7.05 Å². The largest absolute Gasteiger partial charge is 0.481 e.